The number of benzene rings is 1. The molecule has 0 N–H and O–H groups in total. The molecule has 0 spiro atoms. The van der Waals surface area contributed by atoms with Crippen LogP contribution in [0.3, 0.4) is 0 Å². The average Bonchev–Trinajstić information content (AvgIpc) is 2.26. The van der Waals surface area contributed by atoms with E-state index in [9.17, 15) is 18.4 Å². The SMILES string of the molecule is CC(Br)C(=O)c1cccc(OC(F)F)c1C=O. The molecule has 1 aromatic rings. The van der Waals surface area contributed by atoms with Gasteiger partial charge in [0.05, 0.1) is 10.4 Å². The van der Waals surface area contributed by atoms with Crippen LogP contribution in [0, 0.1) is 0 Å². The monoisotopic (exact) mass is 306 g/mol. The van der Waals surface area contributed by atoms with Crippen molar-refractivity contribution < 1.29 is 23.1 Å². The number of ketones is 1. The zero-order valence-electron chi connectivity index (χ0n) is 8.82. The molecule has 0 saturated carbocycles. The molecule has 6 heteroatoms. The minimum Gasteiger partial charge on any atom is -0.434 e. The molecular weight excluding hydrogens is 298 g/mol. The first-order chi connectivity index (χ1) is 7.97. The summed E-state index contributed by atoms with van der Waals surface area (Å²) in [5.41, 5.74) is -0.105. The van der Waals surface area contributed by atoms with Crippen LogP contribution in [0.1, 0.15) is 27.6 Å². The van der Waals surface area contributed by atoms with Gasteiger partial charge in [-0.15, -0.1) is 0 Å². The van der Waals surface area contributed by atoms with E-state index in [0.29, 0.717) is 6.29 Å². The number of rotatable bonds is 5. The fourth-order valence-corrected chi connectivity index (χ4v) is 1.54. The Hall–Kier alpha value is -1.30. The van der Waals surface area contributed by atoms with Crippen LogP contribution in [0.4, 0.5) is 8.78 Å². The van der Waals surface area contributed by atoms with Crippen molar-refractivity contribution >= 4 is 28.0 Å². The van der Waals surface area contributed by atoms with Gasteiger partial charge in [0.15, 0.2) is 12.1 Å². The molecule has 1 rings (SSSR count). The molecule has 1 aromatic carbocycles. The number of carbonyl (C=O) groups excluding carboxylic acids is 2. The van der Waals surface area contributed by atoms with Crippen molar-refractivity contribution in [3.63, 3.8) is 0 Å². The van der Waals surface area contributed by atoms with E-state index >= 15 is 0 Å². The van der Waals surface area contributed by atoms with Crippen LogP contribution < -0.4 is 4.74 Å². The molecule has 0 aromatic heterocycles. The number of halogens is 3. The first-order valence-electron chi connectivity index (χ1n) is 4.68. The Morgan fingerprint density at radius 1 is 1.47 bits per heavy atom. The largest absolute Gasteiger partial charge is 0.434 e. The van der Waals surface area contributed by atoms with Crippen molar-refractivity contribution in [3.8, 4) is 5.75 Å². The third kappa shape index (κ3) is 3.33. The number of ether oxygens (including phenoxy) is 1. The van der Waals surface area contributed by atoms with Crippen LogP contribution in [-0.2, 0) is 0 Å². The third-order valence-corrected chi connectivity index (χ3v) is 2.44. The molecule has 3 nitrogen and oxygen atoms in total. The van der Waals surface area contributed by atoms with Gasteiger partial charge in [-0.05, 0) is 13.0 Å². The summed E-state index contributed by atoms with van der Waals surface area (Å²) < 4.78 is 28.4. The average molecular weight is 307 g/mol. The molecule has 0 saturated heterocycles. The predicted molar refractivity (Wildman–Crippen MR) is 61.2 cm³/mol. The standard InChI is InChI=1S/C11H9BrF2O3/c1-6(12)10(16)7-3-2-4-9(8(7)5-15)17-11(13)14/h2-6,11H,1H3. The highest BCUT2D eigenvalue weighted by atomic mass is 79.9. The zero-order valence-corrected chi connectivity index (χ0v) is 10.4. The van der Waals surface area contributed by atoms with E-state index in [4.69, 9.17) is 0 Å². The smallest absolute Gasteiger partial charge is 0.387 e. The predicted octanol–water partition coefficient (Wildman–Crippen LogP) is 3.07. The highest BCUT2D eigenvalue weighted by molar-refractivity contribution is 9.10. The highest BCUT2D eigenvalue weighted by Crippen LogP contribution is 2.24. The maximum Gasteiger partial charge on any atom is 0.387 e. The summed E-state index contributed by atoms with van der Waals surface area (Å²) in [5, 5.41) is 0. The highest BCUT2D eigenvalue weighted by Gasteiger charge is 2.20. The number of Topliss-reactive ketones (excluding diaryl/α,β-unsaturated/α-hetero) is 1. The van der Waals surface area contributed by atoms with E-state index in [-0.39, 0.29) is 22.7 Å². The first kappa shape index (κ1) is 13.8. The van der Waals surface area contributed by atoms with Gasteiger partial charge in [-0.1, -0.05) is 28.1 Å². The normalized spacial score (nSPS) is 12.3. The van der Waals surface area contributed by atoms with E-state index in [1.807, 2.05) is 0 Å². The fraction of sp³-hybridized carbons (Fsp3) is 0.273. The minimum atomic E-state index is -3.04. The maximum atomic E-state index is 12.1. The Bertz CT molecular complexity index is 433. The molecule has 0 fully saturated rings. The number of aldehydes is 1. The molecule has 0 amide bonds. The van der Waals surface area contributed by atoms with Crippen molar-refractivity contribution in [2.45, 2.75) is 18.4 Å². The topological polar surface area (TPSA) is 43.4 Å². The summed E-state index contributed by atoms with van der Waals surface area (Å²) in [6, 6.07) is 3.99. The van der Waals surface area contributed by atoms with E-state index in [1.54, 1.807) is 6.92 Å². The van der Waals surface area contributed by atoms with Crippen LogP contribution in [0.5, 0.6) is 5.75 Å². The lowest BCUT2D eigenvalue weighted by atomic mass is 10.0. The number of alkyl halides is 3. The van der Waals surface area contributed by atoms with Gasteiger partial charge in [0.2, 0.25) is 0 Å². The Kier molecular flexibility index (Phi) is 4.74. The lowest BCUT2D eigenvalue weighted by Crippen LogP contribution is -2.14. The second kappa shape index (κ2) is 5.86. The lowest BCUT2D eigenvalue weighted by Gasteiger charge is -2.11. The maximum absolute atomic E-state index is 12.1. The van der Waals surface area contributed by atoms with Gasteiger partial charge in [0, 0.05) is 5.56 Å². The van der Waals surface area contributed by atoms with Gasteiger partial charge >= 0.3 is 6.61 Å². The number of hydrogen-bond donors (Lipinski definition) is 0. The Labute approximate surface area is 105 Å². The quantitative estimate of drug-likeness (QED) is 0.477. The number of hydrogen-bond acceptors (Lipinski definition) is 3. The van der Waals surface area contributed by atoms with Gasteiger partial charge in [-0.2, -0.15) is 8.78 Å². The molecule has 17 heavy (non-hydrogen) atoms. The van der Waals surface area contributed by atoms with Gasteiger partial charge in [-0.3, -0.25) is 9.59 Å². The summed E-state index contributed by atoms with van der Waals surface area (Å²) in [7, 11) is 0. The molecule has 0 aliphatic heterocycles. The van der Waals surface area contributed by atoms with Crippen molar-refractivity contribution in [2.75, 3.05) is 0 Å². The van der Waals surface area contributed by atoms with Crippen molar-refractivity contribution in [2.24, 2.45) is 0 Å². The Morgan fingerprint density at radius 3 is 2.59 bits per heavy atom. The lowest BCUT2D eigenvalue weighted by molar-refractivity contribution is -0.0501. The van der Waals surface area contributed by atoms with Crippen LogP contribution in [0.2, 0.25) is 0 Å². The number of carbonyl (C=O) groups is 2. The zero-order chi connectivity index (χ0) is 13.0. The van der Waals surface area contributed by atoms with E-state index in [2.05, 4.69) is 20.7 Å². The van der Waals surface area contributed by atoms with Crippen LogP contribution >= 0.6 is 15.9 Å². The van der Waals surface area contributed by atoms with Gasteiger partial charge in [0.1, 0.15) is 5.75 Å². The molecule has 0 aliphatic carbocycles. The minimum absolute atomic E-state index is 0.0579. The molecular formula is C11H9BrF2O3. The summed E-state index contributed by atoms with van der Waals surface area (Å²) >= 11 is 3.06. The van der Waals surface area contributed by atoms with E-state index in [0.717, 1.165) is 0 Å². The Balaban J connectivity index is 3.23. The molecule has 0 bridgehead atoms. The molecule has 0 radical (unpaired) electrons. The summed E-state index contributed by atoms with van der Waals surface area (Å²) in [5.74, 6) is -0.666. The van der Waals surface area contributed by atoms with Crippen molar-refractivity contribution in [3.05, 3.63) is 29.3 Å². The first-order valence-corrected chi connectivity index (χ1v) is 5.60. The molecule has 92 valence electrons. The van der Waals surface area contributed by atoms with Crippen molar-refractivity contribution in [1.82, 2.24) is 0 Å². The molecule has 0 heterocycles. The van der Waals surface area contributed by atoms with E-state index < -0.39 is 11.4 Å². The van der Waals surface area contributed by atoms with Gasteiger partial charge in [-0.25, -0.2) is 0 Å². The molecule has 1 atom stereocenters. The second-order valence-corrected chi connectivity index (χ2v) is 4.57. The molecule has 0 aliphatic rings. The van der Waals surface area contributed by atoms with Gasteiger partial charge < -0.3 is 4.74 Å². The second-order valence-electron chi connectivity index (χ2n) is 3.19. The Morgan fingerprint density at radius 2 is 2.12 bits per heavy atom. The summed E-state index contributed by atoms with van der Waals surface area (Å²) in [4.78, 5) is 22.1. The van der Waals surface area contributed by atoms with Crippen LogP contribution in [0.25, 0.3) is 0 Å². The molecule has 1 unspecified atom stereocenters. The summed E-state index contributed by atoms with van der Waals surface area (Å²) in [6.07, 6.45) is 0.334. The van der Waals surface area contributed by atoms with Crippen LogP contribution in [0.15, 0.2) is 18.2 Å². The van der Waals surface area contributed by atoms with Crippen molar-refractivity contribution in [1.29, 1.82) is 0 Å². The van der Waals surface area contributed by atoms with Gasteiger partial charge in [0.25, 0.3) is 0 Å². The summed E-state index contributed by atoms with van der Waals surface area (Å²) in [6.45, 7) is -1.46. The third-order valence-electron chi connectivity index (χ3n) is 2.03. The fourth-order valence-electron chi connectivity index (χ4n) is 1.29. The van der Waals surface area contributed by atoms with E-state index in [1.165, 1.54) is 18.2 Å². The van der Waals surface area contributed by atoms with Crippen LogP contribution in [-0.4, -0.2) is 23.5 Å².